The van der Waals surface area contributed by atoms with Crippen molar-refractivity contribution in [1.29, 1.82) is 0 Å². The summed E-state index contributed by atoms with van der Waals surface area (Å²) < 4.78 is 0. The molecule has 4 aliphatic rings. The van der Waals surface area contributed by atoms with Crippen LogP contribution in [0, 0.1) is 0 Å². The molecule has 4 atom stereocenters. The largest absolute Gasteiger partial charge is 2.00 e. The predicted molar refractivity (Wildman–Crippen MR) is 132 cm³/mol. The molecule has 0 saturated heterocycles. The minimum Gasteiger partial charge on any atom is -0.549 e. The van der Waals surface area contributed by atoms with Crippen LogP contribution in [0.15, 0.2) is 45.9 Å². The molecule has 18 heteroatoms. The molecule has 8 nitrogen and oxygen atoms in total. The number of carboxylic acid groups (broad SMARTS) is 4. The number of hydrogen-bond donors (Lipinski definition) is 0. The van der Waals surface area contributed by atoms with E-state index in [9.17, 15) is 39.6 Å². The Labute approximate surface area is 248 Å². The fourth-order valence-corrected chi connectivity index (χ4v) is 8.97. The Kier molecular flexibility index (Phi) is 23.5. The van der Waals surface area contributed by atoms with Crippen LogP contribution >= 0.6 is 86.4 Å². The second kappa shape index (κ2) is 21.7. The van der Waals surface area contributed by atoms with Gasteiger partial charge in [-0.3, -0.25) is 0 Å². The standard InChI is InChI=1S/4C4H4O2S2.2Fe/c4*5-4(6)3-1-2-7-8-3;;/h4*1-3H,(H,5,6);;/q;;;;2*+2/p-4. The maximum absolute atomic E-state index is 10.0. The first-order chi connectivity index (χ1) is 15.2. The fraction of sp³-hybridized carbons (Fsp3) is 0.250. The Hall–Kier alpha value is 0.679. The van der Waals surface area contributed by atoms with Gasteiger partial charge in [-0.25, -0.2) is 0 Å². The van der Waals surface area contributed by atoms with Crippen molar-refractivity contribution in [2.45, 2.75) is 21.0 Å². The summed E-state index contributed by atoms with van der Waals surface area (Å²) in [5.74, 6) is -4.01. The second-order valence-corrected chi connectivity index (χ2v) is 14.3. The van der Waals surface area contributed by atoms with Gasteiger partial charge in [-0.15, -0.1) is 0 Å². The number of carbonyl (C=O) groups excluding carboxylic acids is 4. The van der Waals surface area contributed by atoms with Crippen LogP contribution < -0.4 is 20.4 Å². The predicted octanol–water partition coefficient (Wildman–Crippen LogP) is 0.0494. The first-order valence-corrected chi connectivity index (χ1v) is 17.1. The molecular weight excluding hydrogens is 688 g/mol. The van der Waals surface area contributed by atoms with E-state index in [1.54, 1.807) is 45.9 Å². The van der Waals surface area contributed by atoms with Crippen LogP contribution in [0.1, 0.15) is 0 Å². The SMILES string of the molecule is O=C([O-])C1C=CSS1.O=C([O-])C1C=CSS1.O=C([O-])C1C=CSS1.O=C([O-])C1C=CSS1.[Fe+2].[Fe+2]. The van der Waals surface area contributed by atoms with E-state index in [4.69, 9.17) is 0 Å². The van der Waals surface area contributed by atoms with E-state index in [0.29, 0.717) is 0 Å². The Morgan fingerprint density at radius 3 is 0.676 bits per heavy atom. The summed E-state index contributed by atoms with van der Waals surface area (Å²) in [5.41, 5.74) is 0. The number of rotatable bonds is 4. The molecule has 0 aromatic carbocycles. The zero-order valence-corrected chi connectivity index (χ0v) is 24.9. The van der Waals surface area contributed by atoms with Crippen LogP contribution in [0.5, 0.6) is 0 Å². The molecule has 34 heavy (non-hydrogen) atoms. The summed E-state index contributed by atoms with van der Waals surface area (Å²) >= 11 is 0. The Morgan fingerprint density at radius 1 is 0.441 bits per heavy atom. The maximum Gasteiger partial charge on any atom is 2.00 e. The Morgan fingerprint density at radius 2 is 0.618 bits per heavy atom. The molecule has 0 saturated carbocycles. The van der Waals surface area contributed by atoms with Gasteiger partial charge in [0, 0.05) is 0 Å². The zero-order chi connectivity index (χ0) is 23.9. The topological polar surface area (TPSA) is 161 Å². The molecule has 4 rings (SSSR count). The van der Waals surface area contributed by atoms with E-state index in [-0.39, 0.29) is 34.1 Å². The molecule has 4 aliphatic heterocycles. The minimum absolute atomic E-state index is 0. The van der Waals surface area contributed by atoms with Crippen LogP contribution in [0.3, 0.4) is 0 Å². The molecular formula is C16H12Fe2O8S8. The van der Waals surface area contributed by atoms with Gasteiger partial charge < -0.3 is 39.6 Å². The maximum atomic E-state index is 10.0. The molecule has 4 unspecified atom stereocenters. The molecule has 0 spiro atoms. The molecule has 0 fully saturated rings. The Bertz CT molecular complexity index is 667. The normalized spacial score (nSPS) is 24.7. The van der Waals surface area contributed by atoms with E-state index < -0.39 is 44.9 Å². The van der Waals surface area contributed by atoms with Crippen molar-refractivity contribution in [2.75, 3.05) is 0 Å². The van der Waals surface area contributed by atoms with Crippen molar-refractivity contribution < 1.29 is 73.7 Å². The Balaban J connectivity index is 0. The van der Waals surface area contributed by atoms with Gasteiger partial charge in [0.1, 0.15) is 0 Å². The van der Waals surface area contributed by atoms with Gasteiger partial charge in [-0.05, 0) is 21.6 Å². The summed E-state index contributed by atoms with van der Waals surface area (Å²) in [6, 6.07) is 0. The summed E-state index contributed by atoms with van der Waals surface area (Å²) in [4.78, 5) is 40.0. The van der Waals surface area contributed by atoms with Crippen LogP contribution in [0.4, 0.5) is 0 Å². The molecule has 0 amide bonds. The van der Waals surface area contributed by atoms with E-state index in [1.807, 2.05) is 0 Å². The van der Waals surface area contributed by atoms with Crippen molar-refractivity contribution in [3.8, 4) is 0 Å². The van der Waals surface area contributed by atoms with Crippen LogP contribution in [0.2, 0.25) is 0 Å². The first-order valence-electron chi connectivity index (χ1n) is 8.01. The van der Waals surface area contributed by atoms with Gasteiger partial charge in [0.15, 0.2) is 0 Å². The first kappa shape index (κ1) is 36.8. The van der Waals surface area contributed by atoms with Crippen molar-refractivity contribution >= 4 is 110 Å². The smallest absolute Gasteiger partial charge is 0.549 e. The average Bonchev–Trinajstić information content (AvgIpc) is 3.56. The summed E-state index contributed by atoms with van der Waals surface area (Å²) in [7, 11) is 10.9. The molecule has 0 aromatic rings. The summed E-state index contributed by atoms with van der Waals surface area (Å²) in [5, 5.41) is 45.3. The molecule has 0 N–H and O–H groups in total. The number of aliphatic carboxylic acids is 4. The van der Waals surface area contributed by atoms with E-state index in [1.165, 1.54) is 86.4 Å². The molecule has 0 aliphatic carbocycles. The molecule has 0 aromatic heterocycles. The minimum atomic E-state index is -1.00. The second-order valence-electron chi connectivity index (χ2n) is 5.04. The summed E-state index contributed by atoms with van der Waals surface area (Å²) in [6.07, 6.45) is 6.46. The molecule has 0 radical (unpaired) electrons. The van der Waals surface area contributed by atoms with Gasteiger partial charge in [0.05, 0.1) is 44.9 Å². The van der Waals surface area contributed by atoms with Crippen LogP contribution in [-0.4, -0.2) is 44.9 Å². The van der Waals surface area contributed by atoms with Crippen LogP contribution in [-0.2, 0) is 53.3 Å². The summed E-state index contributed by atoms with van der Waals surface area (Å²) in [6.45, 7) is 0. The third kappa shape index (κ3) is 16.4. The van der Waals surface area contributed by atoms with Crippen molar-refractivity contribution in [3.05, 3.63) is 45.9 Å². The van der Waals surface area contributed by atoms with Gasteiger partial charge in [0.25, 0.3) is 0 Å². The quantitative estimate of drug-likeness (QED) is 0.286. The molecule has 0 bridgehead atoms. The number of carbonyl (C=O) groups is 4. The van der Waals surface area contributed by atoms with Crippen molar-refractivity contribution in [1.82, 2.24) is 0 Å². The van der Waals surface area contributed by atoms with Crippen molar-refractivity contribution in [2.24, 2.45) is 0 Å². The van der Waals surface area contributed by atoms with E-state index in [0.717, 1.165) is 0 Å². The van der Waals surface area contributed by atoms with E-state index >= 15 is 0 Å². The fourth-order valence-electron chi connectivity index (χ4n) is 1.38. The average molecular weight is 700 g/mol. The van der Waals surface area contributed by atoms with Gasteiger partial charge in [-0.2, -0.15) is 0 Å². The van der Waals surface area contributed by atoms with Gasteiger partial charge in [-0.1, -0.05) is 111 Å². The third-order valence-electron chi connectivity index (χ3n) is 2.80. The molecule has 188 valence electrons. The van der Waals surface area contributed by atoms with Gasteiger partial charge >= 0.3 is 34.1 Å². The monoisotopic (exact) mass is 700 g/mol. The molecule has 4 heterocycles. The van der Waals surface area contributed by atoms with Crippen LogP contribution in [0.25, 0.3) is 0 Å². The third-order valence-corrected chi connectivity index (χ3v) is 11.7. The zero-order valence-electron chi connectivity index (χ0n) is 16.2. The number of carboxylic acids is 4. The van der Waals surface area contributed by atoms with Gasteiger partial charge in [0.2, 0.25) is 0 Å². The van der Waals surface area contributed by atoms with Crippen molar-refractivity contribution in [3.63, 3.8) is 0 Å². The van der Waals surface area contributed by atoms with E-state index in [2.05, 4.69) is 0 Å². The number of hydrogen-bond acceptors (Lipinski definition) is 16.